The van der Waals surface area contributed by atoms with Crippen molar-refractivity contribution in [2.45, 2.75) is 13.5 Å². The predicted octanol–water partition coefficient (Wildman–Crippen LogP) is 7.28. The van der Waals surface area contributed by atoms with E-state index in [1.165, 1.54) is 6.07 Å². The first-order valence-corrected chi connectivity index (χ1v) is 13.7. The maximum Gasteiger partial charge on any atom is 0.285 e. The summed E-state index contributed by atoms with van der Waals surface area (Å²) in [4.78, 5) is 26.0. The molecule has 0 aromatic heterocycles. The van der Waals surface area contributed by atoms with E-state index in [1.54, 1.807) is 42.5 Å². The number of amides is 2. The molecule has 1 saturated heterocycles. The highest BCUT2D eigenvalue weighted by molar-refractivity contribution is 9.10. The van der Waals surface area contributed by atoms with Crippen LogP contribution in [0.5, 0.6) is 11.5 Å². The van der Waals surface area contributed by atoms with Gasteiger partial charge in [0.2, 0.25) is 0 Å². The minimum Gasteiger partial charge on any atom is -0.490 e. The molecule has 37 heavy (non-hydrogen) atoms. The first-order valence-electron chi connectivity index (χ1n) is 10.9. The van der Waals surface area contributed by atoms with Crippen molar-refractivity contribution in [3.63, 3.8) is 0 Å². The van der Waals surface area contributed by atoms with Crippen LogP contribution in [0.3, 0.4) is 0 Å². The number of rotatable bonds is 8. The molecule has 11 heteroatoms. The van der Waals surface area contributed by atoms with Crippen molar-refractivity contribution in [3.8, 4) is 11.5 Å². The van der Waals surface area contributed by atoms with Crippen molar-refractivity contribution in [1.82, 2.24) is 10.4 Å². The third-order valence-corrected chi connectivity index (χ3v) is 7.40. The van der Waals surface area contributed by atoms with E-state index in [0.29, 0.717) is 55.3 Å². The summed E-state index contributed by atoms with van der Waals surface area (Å²) < 4.78 is 12.7. The summed E-state index contributed by atoms with van der Waals surface area (Å²) in [6.07, 6.45) is 1.68. The molecular formula is C26H19BrCl2N2O4S2. The molecule has 190 valence electrons. The SMILES string of the molecule is CCOc1cc(/C=C2\SC(=S)N(NC(=O)c3cccc(Cl)c3)C2=O)cc(Br)c1OCc1ccc(Cl)cc1. The van der Waals surface area contributed by atoms with Crippen molar-refractivity contribution < 1.29 is 19.1 Å². The lowest BCUT2D eigenvalue weighted by atomic mass is 10.1. The second-order valence-electron chi connectivity index (χ2n) is 7.65. The van der Waals surface area contributed by atoms with Crippen LogP contribution < -0.4 is 14.9 Å². The van der Waals surface area contributed by atoms with Gasteiger partial charge in [-0.2, -0.15) is 5.01 Å². The summed E-state index contributed by atoms with van der Waals surface area (Å²) in [5.74, 6) is 0.114. The fourth-order valence-electron chi connectivity index (χ4n) is 3.32. The zero-order valence-electron chi connectivity index (χ0n) is 19.3. The number of carbonyl (C=O) groups excluding carboxylic acids is 2. The molecule has 1 heterocycles. The van der Waals surface area contributed by atoms with Gasteiger partial charge in [0.15, 0.2) is 15.8 Å². The zero-order chi connectivity index (χ0) is 26.5. The molecule has 1 aliphatic heterocycles. The fraction of sp³-hybridized carbons (Fsp3) is 0.115. The molecule has 1 N–H and O–H groups in total. The van der Waals surface area contributed by atoms with Crippen LogP contribution in [0.2, 0.25) is 10.0 Å². The van der Waals surface area contributed by atoms with Gasteiger partial charge in [-0.05, 0) is 94.7 Å². The molecule has 0 saturated carbocycles. The summed E-state index contributed by atoms with van der Waals surface area (Å²) in [5, 5.41) is 2.12. The highest BCUT2D eigenvalue weighted by atomic mass is 79.9. The summed E-state index contributed by atoms with van der Waals surface area (Å²) in [5.41, 5.74) is 4.50. The van der Waals surface area contributed by atoms with Gasteiger partial charge in [0.25, 0.3) is 11.8 Å². The average Bonchev–Trinajstić information content (AvgIpc) is 3.12. The number of halogens is 3. The van der Waals surface area contributed by atoms with Gasteiger partial charge in [0, 0.05) is 15.6 Å². The van der Waals surface area contributed by atoms with E-state index in [4.69, 9.17) is 44.9 Å². The first-order chi connectivity index (χ1) is 17.7. The third-order valence-electron chi connectivity index (χ3n) is 5.02. The van der Waals surface area contributed by atoms with Crippen LogP contribution in [-0.2, 0) is 11.4 Å². The number of thioether (sulfide) groups is 1. The smallest absolute Gasteiger partial charge is 0.285 e. The van der Waals surface area contributed by atoms with E-state index < -0.39 is 11.8 Å². The Morgan fingerprint density at radius 3 is 2.57 bits per heavy atom. The number of hydrogen-bond acceptors (Lipinski definition) is 6. The number of thiocarbonyl (C=S) groups is 1. The second-order valence-corrected chi connectivity index (χ2v) is 11.0. The van der Waals surface area contributed by atoms with Crippen molar-refractivity contribution >= 4 is 85.3 Å². The number of hydrogen-bond donors (Lipinski definition) is 1. The summed E-state index contributed by atoms with van der Waals surface area (Å²) in [6, 6.07) is 17.4. The molecule has 4 rings (SSSR count). The van der Waals surface area contributed by atoms with Gasteiger partial charge in [-0.3, -0.25) is 15.0 Å². The van der Waals surface area contributed by atoms with Crippen LogP contribution in [0.25, 0.3) is 6.08 Å². The molecule has 0 aliphatic carbocycles. The Bertz CT molecular complexity index is 1400. The molecule has 1 aliphatic rings. The van der Waals surface area contributed by atoms with E-state index in [1.807, 2.05) is 25.1 Å². The Kier molecular flexibility index (Phi) is 9.15. The van der Waals surface area contributed by atoms with Gasteiger partial charge < -0.3 is 9.47 Å². The van der Waals surface area contributed by atoms with Crippen molar-refractivity contribution in [1.29, 1.82) is 0 Å². The molecule has 1 fully saturated rings. The topological polar surface area (TPSA) is 67.9 Å². The van der Waals surface area contributed by atoms with Crippen LogP contribution >= 0.6 is 63.1 Å². The lowest BCUT2D eigenvalue weighted by molar-refractivity contribution is -0.123. The number of nitrogens with zero attached hydrogens (tertiary/aromatic N) is 1. The van der Waals surface area contributed by atoms with E-state index in [0.717, 1.165) is 22.3 Å². The lowest BCUT2D eigenvalue weighted by Gasteiger charge is -2.16. The predicted molar refractivity (Wildman–Crippen MR) is 155 cm³/mol. The van der Waals surface area contributed by atoms with Crippen molar-refractivity contribution in [3.05, 3.63) is 96.8 Å². The average molecular weight is 638 g/mol. The molecule has 3 aromatic carbocycles. The van der Waals surface area contributed by atoms with Crippen LogP contribution in [0.15, 0.2) is 70.0 Å². The molecule has 3 aromatic rings. The molecule has 0 bridgehead atoms. The van der Waals surface area contributed by atoms with Crippen LogP contribution in [0.1, 0.15) is 28.4 Å². The monoisotopic (exact) mass is 636 g/mol. The lowest BCUT2D eigenvalue weighted by Crippen LogP contribution is -2.44. The van der Waals surface area contributed by atoms with Crippen molar-refractivity contribution in [2.75, 3.05) is 6.61 Å². The standard InChI is InChI=1S/C26H19BrCl2N2O4S2/c1-2-34-21-11-16(10-20(27)23(21)35-14-15-6-8-18(28)9-7-15)12-22-25(33)31(26(36)37-22)30-24(32)17-4-3-5-19(29)13-17/h3-13H,2,14H2,1H3,(H,30,32)/b22-12-. The molecule has 6 nitrogen and oxygen atoms in total. The van der Waals surface area contributed by atoms with Gasteiger partial charge in [-0.1, -0.05) is 53.2 Å². The van der Waals surface area contributed by atoms with Gasteiger partial charge in [-0.25, -0.2) is 0 Å². The fourth-order valence-corrected chi connectivity index (χ4v) is 5.39. The van der Waals surface area contributed by atoms with Gasteiger partial charge in [0.1, 0.15) is 6.61 Å². The Morgan fingerprint density at radius 2 is 1.86 bits per heavy atom. The largest absolute Gasteiger partial charge is 0.490 e. The number of nitrogens with one attached hydrogen (secondary N) is 1. The van der Waals surface area contributed by atoms with Crippen LogP contribution in [0.4, 0.5) is 0 Å². The van der Waals surface area contributed by atoms with Crippen molar-refractivity contribution in [2.24, 2.45) is 0 Å². The molecule has 0 radical (unpaired) electrons. The normalized spacial score (nSPS) is 14.3. The summed E-state index contributed by atoms with van der Waals surface area (Å²) >= 11 is 21.9. The first kappa shape index (κ1) is 27.5. The minimum absolute atomic E-state index is 0.207. The highest BCUT2D eigenvalue weighted by Crippen LogP contribution is 2.39. The van der Waals surface area contributed by atoms with E-state index in [-0.39, 0.29) is 4.32 Å². The van der Waals surface area contributed by atoms with E-state index >= 15 is 0 Å². The van der Waals surface area contributed by atoms with Gasteiger partial charge in [0.05, 0.1) is 16.0 Å². The minimum atomic E-state index is -0.497. The zero-order valence-corrected chi connectivity index (χ0v) is 24.0. The summed E-state index contributed by atoms with van der Waals surface area (Å²) in [6.45, 7) is 2.61. The number of carbonyl (C=O) groups is 2. The summed E-state index contributed by atoms with van der Waals surface area (Å²) in [7, 11) is 0. The van der Waals surface area contributed by atoms with Gasteiger partial charge in [-0.15, -0.1) is 0 Å². The maximum atomic E-state index is 13.0. The molecule has 0 unspecified atom stereocenters. The molecule has 0 spiro atoms. The highest BCUT2D eigenvalue weighted by Gasteiger charge is 2.34. The van der Waals surface area contributed by atoms with Crippen LogP contribution in [-0.4, -0.2) is 27.8 Å². The van der Waals surface area contributed by atoms with E-state index in [2.05, 4.69) is 21.4 Å². The molecular weight excluding hydrogens is 619 g/mol. The molecule has 0 atom stereocenters. The quantitative estimate of drug-likeness (QED) is 0.207. The Morgan fingerprint density at radius 1 is 1.11 bits per heavy atom. The number of ether oxygens (including phenoxy) is 2. The third kappa shape index (κ3) is 6.86. The Hall–Kier alpha value is -2.56. The Labute approximate surface area is 242 Å². The molecule has 2 amide bonds. The van der Waals surface area contributed by atoms with Crippen LogP contribution in [0, 0.1) is 0 Å². The van der Waals surface area contributed by atoms with E-state index in [9.17, 15) is 9.59 Å². The number of benzene rings is 3. The second kappa shape index (κ2) is 12.3. The maximum absolute atomic E-state index is 13.0. The Balaban J connectivity index is 1.53. The number of hydrazine groups is 1. The van der Waals surface area contributed by atoms with Gasteiger partial charge >= 0.3 is 0 Å².